The van der Waals surface area contributed by atoms with E-state index in [1.165, 1.54) is 11.8 Å². The lowest BCUT2D eigenvalue weighted by atomic mass is 10.3. The fourth-order valence-corrected chi connectivity index (χ4v) is 4.14. The molecule has 0 aliphatic rings. The van der Waals surface area contributed by atoms with Crippen LogP contribution in [0.1, 0.15) is 25.8 Å². The van der Waals surface area contributed by atoms with Crippen LogP contribution in [0.5, 0.6) is 5.75 Å². The van der Waals surface area contributed by atoms with Gasteiger partial charge in [-0.15, -0.1) is 10.2 Å². The van der Waals surface area contributed by atoms with Crippen LogP contribution in [0, 0.1) is 0 Å². The molecule has 158 valence electrons. The van der Waals surface area contributed by atoms with Crippen LogP contribution in [0.2, 0.25) is 15.1 Å². The summed E-state index contributed by atoms with van der Waals surface area (Å²) < 4.78 is 7.86. The summed E-state index contributed by atoms with van der Waals surface area (Å²) in [5.41, 5.74) is 0.506. The van der Waals surface area contributed by atoms with Crippen LogP contribution in [0.25, 0.3) is 0 Å². The average Bonchev–Trinajstić information content (AvgIpc) is 3.13. The molecular weight excluding hydrogens is 467 g/mol. The minimum absolute atomic E-state index is 0.150. The first kappa shape index (κ1) is 22.7. The number of halogens is 3. The number of benzene rings is 2. The third-order valence-corrected chi connectivity index (χ3v) is 5.93. The van der Waals surface area contributed by atoms with Crippen molar-refractivity contribution in [2.75, 3.05) is 11.1 Å². The van der Waals surface area contributed by atoms with E-state index >= 15 is 0 Å². The Balaban J connectivity index is 1.65. The molecule has 0 aliphatic carbocycles. The van der Waals surface area contributed by atoms with E-state index in [0.29, 0.717) is 44.0 Å². The fraction of sp³-hybridized carbons (Fsp3) is 0.250. The predicted octanol–water partition coefficient (Wildman–Crippen LogP) is 6.13. The highest BCUT2D eigenvalue weighted by molar-refractivity contribution is 7.99. The predicted molar refractivity (Wildman–Crippen MR) is 122 cm³/mol. The van der Waals surface area contributed by atoms with Crippen molar-refractivity contribution in [3.8, 4) is 5.75 Å². The smallest absolute Gasteiger partial charge is 0.234 e. The van der Waals surface area contributed by atoms with Crippen LogP contribution in [-0.4, -0.2) is 26.4 Å². The molecule has 1 amide bonds. The van der Waals surface area contributed by atoms with Crippen LogP contribution < -0.4 is 10.1 Å². The summed E-state index contributed by atoms with van der Waals surface area (Å²) in [5.74, 6) is 1.17. The number of ether oxygens (including phenoxy) is 1. The number of nitrogens with one attached hydrogen (secondary N) is 1. The Hall–Kier alpha value is -1.93. The maximum atomic E-state index is 12.3. The van der Waals surface area contributed by atoms with E-state index in [0.717, 1.165) is 0 Å². The number of nitrogens with zero attached hydrogens (tertiary/aromatic N) is 3. The van der Waals surface area contributed by atoms with Gasteiger partial charge in [-0.05, 0) is 44.2 Å². The van der Waals surface area contributed by atoms with Gasteiger partial charge in [-0.3, -0.25) is 4.79 Å². The Bertz CT molecular complexity index is 1040. The van der Waals surface area contributed by atoms with Gasteiger partial charge in [0.2, 0.25) is 5.91 Å². The molecule has 30 heavy (non-hydrogen) atoms. The first-order valence-corrected chi connectivity index (χ1v) is 11.2. The molecule has 6 nitrogen and oxygen atoms in total. The van der Waals surface area contributed by atoms with Crippen molar-refractivity contribution < 1.29 is 9.53 Å². The molecule has 0 aliphatic heterocycles. The molecule has 3 rings (SSSR count). The number of para-hydroxylation sites is 1. The van der Waals surface area contributed by atoms with Crippen LogP contribution >= 0.6 is 46.6 Å². The number of carbonyl (C=O) groups is 1. The minimum atomic E-state index is -0.367. The van der Waals surface area contributed by atoms with Gasteiger partial charge in [0.15, 0.2) is 17.1 Å². The molecule has 2 aromatic carbocycles. The number of amides is 1. The molecule has 0 saturated carbocycles. The lowest BCUT2D eigenvalue weighted by Crippen LogP contribution is -2.15. The Morgan fingerprint density at radius 3 is 2.63 bits per heavy atom. The fourth-order valence-electron chi connectivity index (χ4n) is 2.70. The zero-order chi connectivity index (χ0) is 21.7. The van der Waals surface area contributed by atoms with Crippen molar-refractivity contribution >= 4 is 58.2 Å². The number of thioether (sulfide) groups is 1. The average molecular weight is 486 g/mol. The van der Waals surface area contributed by atoms with Crippen molar-refractivity contribution in [2.45, 2.75) is 31.7 Å². The molecule has 0 unspecified atom stereocenters. The highest BCUT2D eigenvalue weighted by Crippen LogP contribution is 2.30. The maximum Gasteiger partial charge on any atom is 0.234 e. The van der Waals surface area contributed by atoms with Gasteiger partial charge in [-0.2, -0.15) is 0 Å². The number of anilines is 1. The summed E-state index contributed by atoms with van der Waals surface area (Å²) in [5, 5.41) is 13.3. The second-order valence-electron chi connectivity index (χ2n) is 6.24. The van der Waals surface area contributed by atoms with E-state index in [1.807, 2.05) is 30.5 Å². The number of carbonyl (C=O) groups excluding carboxylic acids is 1. The molecule has 1 aromatic heterocycles. The zero-order valence-electron chi connectivity index (χ0n) is 16.2. The van der Waals surface area contributed by atoms with Crippen molar-refractivity contribution in [3.63, 3.8) is 0 Å². The molecule has 0 spiro atoms. The number of hydrogen-bond donors (Lipinski definition) is 1. The first-order chi connectivity index (χ1) is 14.4. The number of rotatable bonds is 8. The van der Waals surface area contributed by atoms with Crippen LogP contribution in [-0.2, 0) is 11.3 Å². The summed E-state index contributed by atoms with van der Waals surface area (Å²) in [6.45, 7) is 4.49. The van der Waals surface area contributed by atoms with Gasteiger partial charge in [0, 0.05) is 11.6 Å². The van der Waals surface area contributed by atoms with Gasteiger partial charge in [0.1, 0.15) is 5.75 Å². The Labute approximate surface area is 193 Å². The SMILES string of the molecule is CCn1c(SCC(=O)Nc2ccc(Cl)cc2Cl)nnc1[C@H](C)Oc1ccccc1Cl. The summed E-state index contributed by atoms with van der Waals surface area (Å²) in [6, 6.07) is 12.2. The van der Waals surface area contributed by atoms with Crippen LogP contribution in [0.4, 0.5) is 5.69 Å². The highest BCUT2D eigenvalue weighted by atomic mass is 35.5. The normalized spacial score (nSPS) is 11.9. The molecule has 10 heteroatoms. The summed E-state index contributed by atoms with van der Waals surface area (Å²) in [7, 11) is 0. The van der Waals surface area contributed by atoms with Crippen LogP contribution in [0.15, 0.2) is 47.6 Å². The summed E-state index contributed by atoms with van der Waals surface area (Å²) in [4.78, 5) is 12.3. The largest absolute Gasteiger partial charge is 0.481 e. The van der Waals surface area contributed by atoms with Crippen molar-refractivity contribution in [1.29, 1.82) is 0 Å². The topological polar surface area (TPSA) is 69.0 Å². The summed E-state index contributed by atoms with van der Waals surface area (Å²) in [6.07, 6.45) is -0.367. The molecule has 0 bridgehead atoms. The van der Waals surface area contributed by atoms with E-state index in [4.69, 9.17) is 39.5 Å². The van der Waals surface area contributed by atoms with E-state index in [-0.39, 0.29) is 17.8 Å². The third-order valence-electron chi connectivity index (χ3n) is 4.10. The molecular formula is C20H19Cl3N4O2S. The second-order valence-corrected chi connectivity index (χ2v) is 8.43. The standard InChI is InChI=1S/C20H19Cl3N4O2S/c1-3-27-19(12(2)29-17-7-5-4-6-14(17)22)25-26-20(27)30-11-18(28)24-16-9-8-13(21)10-15(16)23/h4-10,12H,3,11H2,1-2H3,(H,24,28)/t12-/m0/s1. The van der Waals surface area contributed by atoms with E-state index in [9.17, 15) is 4.79 Å². The lowest BCUT2D eigenvalue weighted by Gasteiger charge is -2.16. The second kappa shape index (κ2) is 10.4. The lowest BCUT2D eigenvalue weighted by molar-refractivity contribution is -0.113. The van der Waals surface area contributed by atoms with Gasteiger partial charge < -0.3 is 14.6 Å². The molecule has 0 fully saturated rings. The van der Waals surface area contributed by atoms with Crippen molar-refractivity contribution in [2.24, 2.45) is 0 Å². The van der Waals surface area contributed by atoms with Crippen molar-refractivity contribution in [1.82, 2.24) is 14.8 Å². The van der Waals surface area contributed by atoms with Gasteiger partial charge >= 0.3 is 0 Å². The van der Waals surface area contributed by atoms with E-state index in [1.54, 1.807) is 30.3 Å². The maximum absolute atomic E-state index is 12.3. The minimum Gasteiger partial charge on any atom is -0.481 e. The zero-order valence-corrected chi connectivity index (χ0v) is 19.3. The molecule has 0 saturated heterocycles. The van der Waals surface area contributed by atoms with E-state index < -0.39 is 0 Å². The Morgan fingerprint density at radius 1 is 1.17 bits per heavy atom. The Morgan fingerprint density at radius 2 is 1.93 bits per heavy atom. The molecule has 3 aromatic rings. The third kappa shape index (κ3) is 5.60. The van der Waals surface area contributed by atoms with Gasteiger partial charge in [0.05, 0.1) is 21.5 Å². The summed E-state index contributed by atoms with van der Waals surface area (Å²) >= 11 is 19.4. The Kier molecular flexibility index (Phi) is 7.88. The molecule has 1 atom stereocenters. The van der Waals surface area contributed by atoms with Gasteiger partial charge in [-0.25, -0.2) is 0 Å². The monoisotopic (exact) mass is 484 g/mol. The van der Waals surface area contributed by atoms with Gasteiger partial charge in [-0.1, -0.05) is 58.7 Å². The van der Waals surface area contributed by atoms with Gasteiger partial charge in [0.25, 0.3) is 0 Å². The van der Waals surface area contributed by atoms with E-state index in [2.05, 4.69) is 15.5 Å². The number of aromatic nitrogens is 3. The quantitative estimate of drug-likeness (QED) is 0.389. The number of hydrogen-bond acceptors (Lipinski definition) is 5. The van der Waals surface area contributed by atoms with Crippen molar-refractivity contribution in [3.05, 3.63) is 63.4 Å². The van der Waals surface area contributed by atoms with Crippen LogP contribution in [0.3, 0.4) is 0 Å². The first-order valence-electron chi connectivity index (χ1n) is 9.11. The molecule has 0 radical (unpaired) electrons. The molecule has 1 N–H and O–H groups in total. The molecule has 1 heterocycles. The highest BCUT2D eigenvalue weighted by Gasteiger charge is 2.20.